The Labute approximate surface area is 116 Å². The molecule has 0 spiro atoms. The van der Waals surface area contributed by atoms with Gasteiger partial charge in [0.05, 0.1) is 4.90 Å². The lowest BCUT2D eigenvalue weighted by molar-refractivity contribution is 0.535. The molecule has 4 nitrogen and oxygen atoms in total. The Morgan fingerprint density at radius 1 is 1.21 bits per heavy atom. The monoisotopic (exact) mass is 284 g/mol. The lowest BCUT2D eigenvalue weighted by Gasteiger charge is -2.17. The van der Waals surface area contributed by atoms with Crippen molar-refractivity contribution >= 4 is 10.0 Å². The molecule has 0 fully saturated rings. The van der Waals surface area contributed by atoms with Crippen molar-refractivity contribution in [3.63, 3.8) is 0 Å². The summed E-state index contributed by atoms with van der Waals surface area (Å²) in [5, 5.41) is 3.20. The first-order valence-corrected chi connectivity index (χ1v) is 8.16. The van der Waals surface area contributed by atoms with E-state index in [1.54, 1.807) is 12.1 Å². The number of hydrogen-bond acceptors (Lipinski definition) is 3. The molecule has 0 aromatic heterocycles. The molecule has 0 saturated carbocycles. The molecule has 1 unspecified atom stereocenters. The van der Waals surface area contributed by atoms with Crippen molar-refractivity contribution in [3.05, 3.63) is 29.8 Å². The number of benzene rings is 1. The van der Waals surface area contributed by atoms with Crippen molar-refractivity contribution in [2.24, 2.45) is 0 Å². The molecular formula is C14H24N2O2S. The van der Waals surface area contributed by atoms with Crippen LogP contribution < -0.4 is 10.0 Å². The van der Waals surface area contributed by atoms with Gasteiger partial charge in [-0.1, -0.05) is 25.1 Å². The summed E-state index contributed by atoms with van der Waals surface area (Å²) in [7, 11) is -1.53. The molecule has 2 N–H and O–H groups in total. The molecule has 0 saturated heterocycles. The van der Waals surface area contributed by atoms with E-state index < -0.39 is 10.0 Å². The average Bonchev–Trinajstić information content (AvgIpc) is 2.34. The standard InChI is InChI=1S/C14H24N2O2S/c1-5-13(15-4)10-12-8-6-7-9-14(12)19(17,18)16-11(2)3/h6-9,11,13,15-16H,5,10H2,1-4H3. The molecule has 0 aliphatic rings. The summed E-state index contributed by atoms with van der Waals surface area (Å²) in [5.74, 6) is 0. The highest BCUT2D eigenvalue weighted by molar-refractivity contribution is 7.89. The number of rotatable bonds is 7. The van der Waals surface area contributed by atoms with Crippen LogP contribution in [0.15, 0.2) is 29.2 Å². The lowest BCUT2D eigenvalue weighted by Crippen LogP contribution is -2.32. The van der Waals surface area contributed by atoms with E-state index in [1.807, 2.05) is 33.0 Å². The topological polar surface area (TPSA) is 58.2 Å². The second-order valence-corrected chi connectivity index (χ2v) is 6.66. The van der Waals surface area contributed by atoms with E-state index in [0.29, 0.717) is 11.3 Å². The van der Waals surface area contributed by atoms with Crippen LogP contribution in [0, 0.1) is 0 Å². The van der Waals surface area contributed by atoms with Crippen molar-refractivity contribution in [1.29, 1.82) is 0 Å². The van der Waals surface area contributed by atoms with Gasteiger partial charge in [-0.3, -0.25) is 0 Å². The highest BCUT2D eigenvalue weighted by atomic mass is 32.2. The van der Waals surface area contributed by atoms with Gasteiger partial charge in [-0.2, -0.15) is 0 Å². The van der Waals surface area contributed by atoms with Gasteiger partial charge in [-0.25, -0.2) is 13.1 Å². The van der Waals surface area contributed by atoms with E-state index in [-0.39, 0.29) is 12.1 Å². The maximum absolute atomic E-state index is 12.3. The van der Waals surface area contributed by atoms with Crippen LogP contribution in [-0.2, 0) is 16.4 Å². The third-order valence-electron chi connectivity index (χ3n) is 3.02. The third kappa shape index (κ3) is 4.60. The minimum atomic E-state index is -3.43. The lowest BCUT2D eigenvalue weighted by atomic mass is 10.0. The van der Waals surface area contributed by atoms with Crippen LogP contribution in [-0.4, -0.2) is 27.5 Å². The number of sulfonamides is 1. The first kappa shape index (κ1) is 16.1. The van der Waals surface area contributed by atoms with Crippen molar-refractivity contribution in [3.8, 4) is 0 Å². The Morgan fingerprint density at radius 3 is 2.37 bits per heavy atom. The van der Waals surface area contributed by atoms with Crippen LogP contribution in [0.5, 0.6) is 0 Å². The minimum Gasteiger partial charge on any atom is -0.317 e. The second kappa shape index (κ2) is 7.03. The molecule has 0 heterocycles. The van der Waals surface area contributed by atoms with Crippen LogP contribution in [0.4, 0.5) is 0 Å². The summed E-state index contributed by atoms with van der Waals surface area (Å²) < 4.78 is 27.2. The van der Waals surface area contributed by atoms with Gasteiger partial charge < -0.3 is 5.32 Å². The summed E-state index contributed by atoms with van der Waals surface area (Å²) in [5.41, 5.74) is 0.858. The SMILES string of the molecule is CCC(Cc1ccccc1S(=O)(=O)NC(C)C)NC. The summed E-state index contributed by atoms with van der Waals surface area (Å²) in [4.78, 5) is 0.386. The molecule has 1 atom stereocenters. The largest absolute Gasteiger partial charge is 0.317 e. The van der Waals surface area contributed by atoms with E-state index in [0.717, 1.165) is 12.0 Å². The van der Waals surface area contributed by atoms with Crippen molar-refractivity contribution < 1.29 is 8.42 Å². The number of nitrogens with one attached hydrogen (secondary N) is 2. The van der Waals surface area contributed by atoms with E-state index in [1.165, 1.54) is 0 Å². The van der Waals surface area contributed by atoms with Crippen LogP contribution in [0.3, 0.4) is 0 Å². The fourth-order valence-corrected chi connectivity index (χ4v) is 3.53. The molecule has 0 radical (unpaired) electrons. The van der Waals surface area contributed by atoms with Crippen LogP contribution in [0.1, 0.15) is 32.8 Å². The third-order valence-corrected chi connectivity index (χ3v) is 4.78. The Bertz CT molecular complexity index is 494. The van der Waals surface area contributed by atoms with E-state index >= 15 is 0 Å². The van der Waals surface area contributed by atoms with Gasteiger partial charge in [-0.05, 0) is 45.4 Å². The minimum absolute atomic E-state index is 0.107. The predicted molar refractivity (Wildman–Crippen MR) is 78.7 cm³/mol. The molecule has 0 bridgehead atoms. The Hall–Kier alpha value is -0.910. The van der Waals surface area contributed by atoms with E-state index in [2.05, 4.69) is 17.0 Å². The molecule has 1 aromatic carbocycles. The number of likely N-dealkylation sites (N-methyl/N-ethyl adjacent to an activating group) is 1. The van der Waals surface area contributed by atoms with Gasteiger partial charge >= 0.3 is 0 Å². The maximum Gasteiger partial charge on any atom is 0.241 e. The van der Waals surface area contributed by atoms with Crippen molar-refractivity contribution in [2.75, 3.05) is 7.05 Å². The van der Waals surface area contributed by atoms with Crippen LogP contribution >= 0.6 is 0 Å². The van der Waals surface area contributed by atoms with Gasteiger partial charge in [0.15, 0.2) is 0 Å². The molecule has 0 amide bonds. The summed E-state index contributed by atoms with van der Waals surface area (Å²) in [6.07, 6.45) is 1.67. The average molecular weight is 284 g/mol. The highest BCUT2D eigenvalue weighted by Crippen LogP contribution is 2.18. The van der Waals surface area contributed by atoms with Gasteiger partial charge in [-0.15, -0.1) is 0 Å². The summed E-state index contributed by atoms with van der Waals surface area (Å²) >= 11 is 0. The molecule has 0 aliphatic carbocycles. The number of hydrogen-bond donors (Lipinski definition) is 2. The normalized spacial score (nSPS) is 13.7. The molecule has 1 rings (SSSR count). The van der Waals surface area contributed by atoms with Crippen molar-refractivity contribution in [1.82, 2.24) is 10.0 Å². The first-order valence-electron chi connectivity index (χ1n) is 6.68. The Morgan fingerprint density at radius 2 is 1.84 bits per heavy atom. The zero-order valence-electron chi connectivity index (χ0n) is 12.1. The second-order valence-electron chi connectivity index (χ2n) is 4.98. The van der Waals surface area contributed by atoms with E-state index in [9.17, 15) is 8.42 Å². The van der Waals surface area contributed by atoms with Crippen molar-refractivity contribution in [2.45, 2.75) is 50.6 Å². The quantitative estimate of drug-likeness (QED) is 0.804. The Balaban J connectivity index is 3.08. The van der Waals surface area contributed by atoms with Crippen LogP contribution in [0.2, 0.25) is 0 Å². The molecule has 1 aromatic rings. The molecule has 0 aliphatic heterocycles. The van der Waals surface area contributed by atoms with Gasteiger partial charge in [0.25, 0.3) is 0 Å². The summed E-state index contributed by atoms with van der Waals surface area (Å²) in [6.45, 7) is 5.73. The summed E-state index contributed by atoms with van der Waals surface area (Å²) in [6, 6.07) is 7.38. The molecule has 108 valence electrons. The zero-order valence-corrected chi connectivity index (χ0v) is 12.9. The van der Waals surface area contributed by atoms with Crippen LogP contribution in [0.25, 0.3) is 0 Å². The van der Waals surface area contributed by atoms with Gasteiger partial charge in [0, 0.05) is 12.1 Å². The van der Waals surface area contributed by atoms with E-state index in [4.69, 9.17) is 0 Å². The smallest absolute Gasteiger partial charge is 0.241 e. The fourth-order valence-electron chi connectivity index (χ4n) is 2.02. The first-order chi connectivity index (χ1) is 8.90. The highest BCUT2D eigenvalue weighted by Gasteiger charge is 2.20. The molecular weight excluding hydrogens is 260 g/mol. The molecule has 5 heteroatoms. The van der Waals surface area contributed by atoms with Gasteiger partial charge in [0.1, 0.15) is 0 Å². The zero-order chi connectivity index (χ0) is 14.5. The Kier molecular flexibility index (Phi) is 5.97. The predicted octanol–water partition coefficient (Wildman–Crippen LogP) is 1.91. The molecule has 19 heavy (non-hydrogen) atoms. The van der Waals surface area contributed by atoms with Gasteiger partial charge in [0.2, 0.25) is 10.0 Å². The fraction of sp³-hybridized carbons (Fsp3) is 0.571. The maximum atomic E-state index is 12.3.